The lowest BCUT2D eigenvalue weighted by Crippen LogP contribution is -2.43. The fraction of sp³-hybridized carbons (Fsp3) is 0.933. The molecule has 2 rings (SSSR count). The summed E-state index contributed by atoms with van der Waals surface area (Å²) in [6, 6.07) is 0.171. The zero-order valence-electron chi connectivity index (χ0n) is 13.0. The Morgan fingerprint density at radius 3 is 2.29 bits per heavy atom. The highest BCUT2D eigenvalue weighted by Gasteiger charge is 2.30. The molecule has 1 atom stereocenters. The van der Waals surface area contributed by atoms with Gasteiger partial charge in [0.2, 0.25) is 5.91 Å². The van der Waals surface area contributed by atoms with E-state index < -0.39 is 9.84 Å². The van der Waals surface area contributed by atoms with Gasteiger partial charge in [0.05, 0.1) is 11.0 Å². The van der Waals surface area contributed by atoms with Gasteiger partial charge in [0, 0.05) is 25.6 Å². The maximum Gasteiger partial charge on any atom is 0.223 e. The molecule has 0 spiro atoms. The number of carbonyl (C=O) groups excluding carboxylic acids is 1. The van der Waals surface area contributed by atoms with E-state index in [2.05, 4.69) is 0 Å². The maximum atomic E-state index is 12.2. The lowest BCUT2D eigenvalue weighted by Gasteiger charge is -2.33. The number of amides is 1. The van der Waals surface area contributed by atoms with Crippen molar-refractivity contribution < 1.29 is 13.2 Å². The van der Waals surface area contributed by atoms with E-state index in [0.29, 0.717) is 19.0 Å². The van der Waals surface area contributed by atoms with Crippen LogP contribution in [0, 0.1) is 5.92 Å². The second kappa shape index (κ2) is 7.09. The molecule has 1 aliphatic carbocycles. The van der Waals surface area contributed by atoms with Crippen LogP contribution in [0.25, 0.3) is 0 Å². The zero-order chi connectivity index (χ0) is 15.5. The van der Waals surface area contributed by atoms with E-state index >= 15 is 0 Å². The summed E-state index contributed by atoms with van der Waals surface area (Å²) in [6.45, 7) is 3.44. The molecule has 6 heteroatoms. The quantitative estimate of drug-likeness (QED) is 0.829. The molecule has 5 nitrogen and oxygen atoms in total. The van der Waals surface area contributed by atoms with Crippen molar-refractivity contribution in [2.45, 2.75) is 63.2 Å². The summed E-state index contributed by atoms with van der Waals surface area (Å²) in [5.74, 6) is 0.486. The van der Waals surface area contributed by atoms with Gasteiger partial charge in [-0.25, -0.2) is 8.42 Å². The van der Waals surface area contributed by atoms with Crippen LogP contribution in [0.15, 0.2) is 0 Å². The monoisotopic (exact) mass is 316 g/mol. The summed E-state index contributed by atoms with van der Waals surface area (Å²) in [5, 5.41) is -0.200. The second-order valence-corrected chi connectivity index (χ2v) is 9.00. The molecule has 21 heavy (non-hydrogen) atoms. The summed E-state index contributed by atoms with van der Waals surface area (Å²) in [4.78, 5) is 14.0. The van der Waals surface area contributed by atoms with Crippen LogP contribution in [0.3, 0.4) is 0 Å². The van der Waals surface area contributed by atoms with Gasteiger partial charge in [0.1, 0.15) is 0 Å². The molecule has 1 amide bonds. The Balaban J connectivity index is 1.77. The third kappa shape index (κ3) is 4.42. The summed E-state index contributed by atoms with van der Waals surface area (Å²) >= 11 is 0. The first kappa shape index (κ1) is 16.7. The minimum absolute atomic E-state index is 0.0142. The number of rotatable bonds is 5. The standard InChI is InChI=1S/C15H28N2O3S/c1-12(16)13-6-9-17(10-7-13)15(18)8-11-21(19,20)14-4-2-3-5-14/h12-14H,2-11,16H2,1H3. The van der Waals surface area contributed by atoms with Gasteiger partial charge in [-0.2, -0.15) is 0 Å². The minimum Gasteiger partial charge on any atom is -0.343 e. The Hall–Kier alpha value is -0.620. The van der Waals surface area contributed by atoms with Crippen molar-refractivity contribution in [3.63, 3.8) is 0 Å². The zero-order valence-corrected chi connectivity index (χ0v) is 13.8. The van der Waals surface area contributed by atoms with Crippen molar-refractivity contribution in [2.75, 3.05) is 18.8 Å². The SMILES string of the molecule is CC(N)C1CCN(C(=O)CCS(=O)(=O)C2CCCC2)CC1. The fourth-order valence-corrected chi connectivity index (χ4v) is 5.32. The van der Waals surface area contributed by atoms with Gasteiger partial charge in [-0.15, -0.1) is 0 Å². The predicted octanol–water partition coefficient (Wildman–Crippen LogP) is 1.32. The second-order valence-electron chi connectivity index (χ2n) is 6.60. The number of likely N-dealkylation sites (tertiary alicyclic amines) is 1. The molecule has 122 valence electrons. The summed E-state index contributed by atoms with van der Waals surface area (Å²) in [5.41, 5.74) is 5.89. The van der Waals surface area contributed by atoms with Crippen LogP contribution in [-0.2, 0) is 14.6 Å². The van der Waals surface area contributed by atoms with Crippen LogP contribution < -0.4 is 5.73 Å². The summed E-state index contributed by atoms with van der Waals surface area (Å²) in [6.07, 6.45) is 5.55. The number of hydrogen-bond acceptors (Lipinski definition) is 4. The van der Waals surface area contributed by atoms with E-state index in [1.54, 1.807) is 0 Å². The molecule has 0 aromatic carbocycles. The molecular weight excluding hydrogens is 288 g/mol. The van der Waals surface area contributed by atoms with E-state index in [9.17, 15) is 13.2 Å². The predicted molar refractivity (Wildman–Crippen MR) is 83.6 cm³/mol. The number of carbonyl (C=O) groups is 1. The number of hydrogen-bond donors (Lipinski definition) is 1. The van der Waals surface area contributed by atoms with Gasteiger partial charge in [-0.1, -0.05) is 12.8 Å². The highest BCUT2D eigenvalue weighted by Crippen LogP contribution is 2.26. The van der Waals surface area contributed by atoms with E-state index in [4.69, 9.17) is 5.73 Å². The molecule has 1 heterocycles. The molecule has 0 radical (unpaired) electrons. The first-order chi connectivity index (χ1) is 9.90. The van der Waals surface area contributed by atoms with Crippen LogP contribution >= 0.6 is 0 Å². The largest absolute Gasteiger partial charge is 0.343 e. The Morgan fingerprint density at radius 1 is 1.19 bits per heavy atom. The number of sulfone groups is 1. The van der Waals surface area contributed by atoms with Gasteiger partial charge in [0.15, 0.2) is 9.84 Å². The molecule has 1 saturated carbocycles. The average molecular weight is 316 g/mol. The van der Waals surface area contributed by atoms with E-state index in [1.807, 2.05) is 11.8 Å². The summed E-state index contributed by atoms with van der Waals surface area (Å²) in [7, 11) is -3.09. The Labute approximate surface area is 128 Å². The number of piperidine rings is 1. The van der Waals surface area contributed by atoms with Gasteiger partial charge in [-0.3, -0.25) is 4.79 Å². The van der Waals surface area contributed by atoms with E-state index in [0.717, 1.165) is 38.5 Å². The Kier molecular flexibility index (Phi) is 5.66. The first-order valence-corrected chi connectivity index (χ1v) is 9.86. The molecule has 2 aliphatic rings. The molecule has 1 aliphatic heterocycles. The lowest BCUT2D eigenvalue weighted by atomic mass is 9.91. The van der Waals surface area contributed by atoms with Crippen molar-refractivity contribution in [1.29, 1.82) is 0 Å². The fourth-order valence-electron chi connectivity index (χ4n) is 3.48. The van der Waals surface area contributed by atoms with Gasteiger partial charge in [0.25, 0.3) is 0 Å². The molecule has 0 aromatic heterocycles. The van der Waals surface area contributed by atoms with Crippen molar-refractivity contribution in [2.24, 2.45) is 11.7 Å². The minimum atomic E-state index is -3.09. The third-order valence-corrected chi connectivity index (χ3v) is 7.31. The highest BCUT2D eigenvalue weighted by molar-refractivity contribution is 7.92. The third-order valence-electron chi connectivity index (χ3n) is 5.05. The smallest absolute Gasteiger partial charge is 0.223 e. The van der Waals surface area contributed by atoms with Crippen LogP contribution in [0.4, 0.5) is 0 Å². The van der Waals surface area contributed by atoms with Crippen LogP contribution in [0.1, 0.15) is 51.9 Å². The van der Waals surface area contributed by atoms with Gasteiger partial charge >= 0.3 is 0 Å². The van der Waals surface area contributed by atoms with Gasteiger partial charge in [-0.05, 0) is 38.5 Å². The topological polar surface area (TPSA) is 80.5 Å². The van der Waals surface area contributed by atoms with Gasteiger partial charge < -0.3 is 10.6 Å². The number of nitrogens with zero attached hydrogens (tertiary/aromatic N) is 1. The molecule has 2 N–H and O–H groups in total. The molecular formula is C15H28N2O3S. The lowest BCUT2D eigenvalue weighted by molar-refractivity contribution is -0.132. The van der Waals surface area contributed by atoms with E-state index in [-0.39, 0.29) is 29.4 Å². The van der Waals surface area contributed by atoms with Crippen LogP contribution in [0.5, 0.6) is 0 Å². The van der Waals surface area contributed by atoms with Crippen molar-refractivity contribution in [1.82, 2.24) is 4.90 Å². The number of nitrogens with two attached hydrogens (primary N) is 1. The van der Waals surface area contributed by atoms with Crippen LogP contribution in [-0.4, -0.2) is 49.4 Å². The highest BCUT2D eigenvalue weighted by atomic mass is 32.2. The molecule has 2 fully saturated rings. The van der Waals surface area contributed by atoms with Crippen molar-refractivity contribution in [3.8, 4) is 0 Å². The van der Waals surface area contributed by atoms with Crippen molar-refractivity contribution >= 4 is 15.7 Å². The molecule has 0 bridgehead atoms. The first-order valence-electron chi connectivity index (χ1n) is 8.15. The maximum absolute atomic E-state index is 12.2. The molecule has 0 aromatic rings. The Bertz CT molecular complexity index is 448. The van der Waals surface area contributed by atoms with E-state index in [1.165, 1.54) is 0 Å². The normalized spacial score (nSPS) is 23.4. The van der Waals surface area contributed by atoms with Crippen LogP contribution in [0.2, 0.25) is 0 Å². The molecule has 1 unspecified atom stereocenters. The average Bonchev–Trinajstić information content (AvgIpc) is 3.00. The summed E-state index contributed by atoms with van der Waals surface area (Å²) < 4.78 is 24.3. The van der Waals surface area contributed by atoms with Crippen molar-refractivity contribution in [3.05, 3.63) is 0 Å². The molecule has 1 saturated heterocycles. The Morgan fingerprint density at radius 2 is 1.76 bits per heavy atom.